The van der Waals surface area contributed by atoms with Gasteiger partial charge in [-0.3, -0.25) is 9.59 Å². The van der Waals surface area contributed by atoms with Crippen LogP contribution >= 0.6 is 0 Å². The van der Waals surface area contributed by atoms with Crippen molar-refractivity contribution in [2.45, 2.75) is 38.5 Å². The minimum atomic E-state index is -0.907. The molecular formula is C15H20O4. The number of aliphatic carboxylic acids is 1. The molecule has 0 fully saturated rings. The Bertz CT molecular complexity index is 400. The number of carbonyl (C=O) groups excluding carboxylic acids is 1. The van der Waals surface area contributed by atoms with Crippen molar-refractivity contribution in [2.24, 2.45) is 0 Å². The molecule has 0 bridgehead atoms. The molecule has 0 aliphatic heterocycles. The summed E-state index contributed by atoms with van der Waals surface area (Å²) in [5.74, 6) is -1.56. The molecule has 1 aromatic carbocycles. The minimum absolute atomic E-state index is 0.0626. The molecule has 0 radical (unpaired) electrons. The zero-order valence-electron chi connectivity index (χ0n) is 11.2. The Hall–Kier alpha value is -1.84. The summed E-state index contributed by atoms with van der Waals surface area (Å²) >= 11 is 0. The number of ether oxygens (including phenoxy) is 1. The van der Waals surface area contributed by atoms with Gasteiger partial charge in [0.2, 0.25) is 0 Å². The van der Waals surface area contributed by atoms with Gasteiger partial charge < -0.3 is 9.84 Å². The minimum Gasteiger partial charge on any atom is -0.481 e. The van der Waals surface area contributed by atoms with Crippen LogP contribution in [0.15, 0.2) is 30.3 Å². The van der Waals surface area contributed by atoms with E-state index in [-0.39, 0.29) is 24.7 Å². The standard InChI is InChI=1S/C15H20O4/c1-2-3-9-19-15(18)11-13(10-14(16)17)12-7-5-4-6-8-12/h4-8,13H,2-3,9-11H2,1H3,(H,16,17)/t13-/m0/s1. The SMILES string of the molecule is CCCCOC(=O)C[C@H](CC(=O)O)c1ccccc1. The summed E-state index contributed by atoms with van der Waals surface area (Å²) in [5, 5.41) is 8.92. The van der Waals surface area contributed by atoms with Crippen LogP contribution in [0.4, 0.5) is 0 Å². The first kappa shape index (κ1) is 15.2. The zero-order chi connectivity index (χ0) is 14.1. The second-order valence-corrected chi connectivity index (χ2v) is 4.48. The molecule has 19 heavy (non-hydrogen) atoms. The normalized spacial score (nSPS) is 11.8. The summed E-state index contributed by atoms with van der Waals surface area (Å²) in [4.78, 5) is 22.5. The summed E-state index contributed by atoms with van der Waals surface area (Å²) in [6.07, 6.45) is 1.85. The Balaban J connectivity index is 2.60. The van der Waals surface area contributed by atoms with Gasteiger partial charge in [0.15, 0.2) is 0 Å². The number of hydrogen-bond donors (Lipinski definition) is 1. The molecule has 1 atom stereocenters. The molecular weight excluding hydrogens is 244 g/mol. The predicted octanol–water partition coefficient (Wildman–Crippen LogP) is 2.98. The van der Waals surface area contributed by atoms with Gasteiger partial charge in [-0.25, -0.2) is 0 Å². The predicted molar refractivity (Wildman–Crippen MR) is 71.9 cm³/mol. The number of carboxylic acid groups (broad SMARTS) is 1. The Kier molecular flexibility index (Phi) is 6.64. The summed E-state index contributed by atoms with van der Waals surface area (Å²) < 4.78 is 5.08. The van der Waals surface area contributed by atoms with E-state index in [4.69, 9.17) is 9.84 Å². The highest BCUT2D eigenvalue weighted by molar-refractivity contribution is 5.73. The molecule has 104 valence electrons. The van der Waals surface area contributed by atoms with Gasteiger partial charge in [-0.15, -0.1) is 0 Å². The van der Waals surface area contributed by atoms with Gasteiger partial charge in [0.05, 0.1) is 19.4 Å². The molecule has 0 unspecified atom stereocenters. The average molecular weight is 264 g/mol. The van der Waals surface area contributed by atoms with E-state index < -0.39 is 5.97 Å². The van der Waals surface area contributed by atoms with Crippen molar-refractivity contribution < 1.29 is 19.4 Å². The number of esters is 1. The maximum absolute atomic E-state index is 11.7. The van der Waals surface area contributed by atoms with Crippen molar-refractivity contribution in [1.29, 1.82) is 0 Å². The number of rotatable bonds is 8. The number of benzene rings is 1. The van der Waals surface area contributed by atoms with Crippen LogP contribution in [0.1, 0.15) is 44.1 Å². The summed E-state index contributed by atoms with van der Waals surface area (Å²) in [7, 11) is 0. The van der Waals surface area contributed by atoms with E-state index >= 15 is 0 Å². The van der Waals surface area contributed by atoms with Crippen LogP contribution in [-0.2, 0) is 14.3 Å². The maximum Gasteiger partial charge on any atom is 0.306 e. The van der Waals surface area contributed by atoms with Crippen LogP contribution < -0.4 is 0 Å². The van der Waals surface area contributed by atoms with E-state index in [0.29, 0.717) is 6.61 Å². The van der Waals surface area contributed by atoms with Gasteiger partial charge in [-0.05, 0) is 12.0 Å². The number of carbonyl (C=O) groups is 2. The average Bonchev–Trinajstić information content (AvgIpc) is 2.39. The molecule has 1 rings (SSSR count). The molecule has 0 spiro atoms. The van der Waals surface area contributed by atoms with E-state index in [1.165, 1.54) is 0 Å². The molecule has 0 heterocycles. The van der Waals surface area contributed by atoms with E-state index in [0.717, 1.165) is 18.4 Å². The fourth-order valence-corrected chi connectivity index (χ4v) is 1.83. The monoisotopic (exact) mass is 264 g/mol. The quantitative estimate of drug-likeness (QED) is 0.579. The number of carboxylic acids is 1. The van der Waals surface area contributed by atoms with Crippen molar-refractivity contribution >= 4 is 11.9 Å². The van der Waals surface area contributed by atoms with Gasteiger partial charge >= 0.3 is 11.9 Å². The van der Waals surface area contributed by atoms with E-state index in [2.05, 4.69) is 0 Å². The molecule has 0 aliphatic carbocycles. The Morgan fingerprint density at radius 3 is 2.47 bits per heavy atom. The zero-order valence-corrected chi connectivity index (χ0v) is 11.2. The lowest BCUT2D eigenvalue weighted by Gasteiger charge is -2.14. The van der Waals surface area contributed by atoms with Gasteiger partial charge in [0.1, 0.15) is 0 Å². The number of unbranched alkanes of at least 4 members (excludes halogenated alkanes) is 1. The van der Waals surface area contributed by atoms with Crippen LogP contribution in [0.2, 0.25) is 0 Å². The van der Waals surface area contributed by atoms with Gasteiger partial charge in [-0.1, -0.05) is 43.7 Å². The van der Waals surface area contributed by atoms with Gasteiger partial charge in [-0.2, -0.15) is 0 Å². The maximum atomic E-state index is 11.7. The molecule has 0 aromatic heterocycles. The molecule has 0 aliphatic rings. The van der Waals surface area contributed by atoms with Crippen molar-refractivity contribution in [2.75, 3.05) is 6.61 Å². The van der Waals surface area contributed by atoms with E-state index in [1.807, 2.05) is 37.3 Å². The molecule has 4 nitrogen and oxygen atoms in total. The lowest BCUT2D eigenvalue weighted by Crippen LogP contribution is -2.14. The second-order valence-electron chi connectivity index (χ2n) is 4.48. The fraction of sp³-hybridized carbons (Fsp3) is 0.467. The third-order valence-corrected chi connectivity index (χ3v) is 2.87. The van der Waals surface area contributed by atoms with Crippen molar-refractivity contribution in [3.05, 3.63) is 35.9 Å². The van der Waals surface area contributed by atoms with Crippen LogP contribution in [0.5, 0.6) is 0 Å². The Labute approximate surface area is 113 Å². The van der Waals surface area contributed by atoms with Crippen LogP contribution in [-0.4, -0.2) is 23.7 Å². The van der Waals surface area contributed by atoms with E-state index in [9.17, 15) is 9.59 Å². The smallest absolute Gasteiger partial charge is 0.306 e. The molecule has 0 saturated carbocycles. The van der Waals surface area contributed by atoms with Gasteiger partial charge in [0, 0.05) is 5.92 Å². The van der Waals surface area contributed by atoms with Crippen LogP contribution in [0, 0.1) is 0 Å². The molecule has 0 amide bonds. The topological polar surface area (TPSA) is 63.6 Å². The summed E-state index contributed by atoms with van der Waals surface area (Å²) in [5.41, 5.74) is 0.859. The van der Waals surface area contributed by atoms with Crippen molar-refractivity contribution in [1.82, 2.24) is 0 Å². The van der Waals surface area contributed by atoms with Crippen molar-refractivity contribution in [3.8, 4) is 0 Å². The van der Waals surface area contributed by atoms with E-state index in [1.54, 1.807) is 0 Å². The van der Waals surface area contributed by atoms with Gasteiger partial charge in [0.25, 0.3) is 0 Å². The first-order valence-electron chi connectivity index (χ1n) is 6.55. The second kappa shape index (κ2) is 8.29. The summed E-state index contributed by atoms with van der Waals surface area (Å²) in [6, 6.07) is 9.22. The lowest BCUT2D eigenvalue weighted by atomic mass is 9.93. The molecule has 4 heteroatoms. The molecule has 1 aromatic rings. The third kappa shape index (κ3) is 6.04. The van der Waals surface area contributed by atoms with Crippen LogP contribution in [0.25, 0.3) is 0 Å². The highest BCUT2D eigenvalue weighted by Crippen LogP contribution is 2.23. The summed E-state index contributed by atoms with van der Waals surface area (Å²) in [6.45, 7) is 2.43. The Morgan fingerprint density at radius 2 is 1.89 bits per heavy atom. The lowest BCUT2D eigenvalue weighted by molar-refractivity contribution is -0.144. The Morgan fingerprint density at radius 1 is 1.21 bits per heavy atom. The first-order valence-corrected chi connectivity index (χ1v) is 6.55. The van der Waals surface area contributed by atoms with Crippen molar-refractivity contribution in [3.63, 3.8) is 0 Å². The molecule has 1 N–H and O–H groups in total. The fourth-order valence-electron chi connectivity index (χ4n) is 1.83. The van der Waals surface area contributed by atoms with Crippen LogP contribution in [0.3, 0.4) is 0 Å². The largest absolute Gasteiger partial charge is 0.481 e. The highest BCUT2D eigenvalue weighted by Gasteiger charge is 2.19. The third-order valence-electron chi connectivity index (χ3n) is 2.87. The highest BCUT2D eigenvalue weighted by atomic mass is 16.5. The first-order chi connectivity index (χ1) is 9.13. The number of hydrogen-bond acceptors (Lipinski definition) is 3. The molecule has 0 saturated heterocycles.